The van der Waals surface area contributed by atoms with E-state index in [-0.39, 0.29) is 16.1 Å². The average Bonchev–Trinajstić information content (AvgIpc) is 2.37. The Labute approximate surface area is 131 Å². The van der Waals surface area contributed by atoms with Gasteiger partial charge in [0.2, 0.25) is 0 Å². The quantitative estimate of drug-likeness (QED) is 0.914. The Kier molecular flexibility index (Phi) is 4.12. The number of nitrogens with zero attached hydrogens (tertiary/aromatic N) is 1. The van der Waals surface area contributed by atoms with Crippen molar-refractivity contribution in [2.24, 2.45) is 0 Å². The number of aromatic nitrogens is 1. The van der Waals surface area contributed by atoms with Crippen LogP contribution in [0.4, 0.5) is 0 Å². The van der Waals surface area contributed by atoms with Crippen LogP contribution in [-0.4, -0.2) is 15.6 Å². The van der Waals surface area contributed by atoms with Crippen molar-refractivity contribution in [2.75, 3.05) is 0 Å². The van der Waals surface area contributed by atoms with E-state index in [1.165, 1.54) is 10.6 Å². The molecule has 0 atom stereocenters. The van der Waals surface area contributed by atoms with Gasteiger partial charge in [-0.3, -0.25) is 9.36 Å². The first-order valence-electron chi connectivity index (χ1n) is 6.17. The largest absolute Gasteiger partial charge is 0.478 e. The molecule has 1 aromatic heterocycles. The zero-order chi connectivity index (χ0) is 15.9. The molecule has 0 saturated carbocycles. The zero-order valence-electron chi connectivity index (χ0n) is 11.7. The number of benzene rings is 1. The van der Waals surface area contributed by atoms with Gasteiger partial charge in [-0.05, 0) is 38.0 Å². The van der Waals surface area contributed by atoms with E-state index in [1.54, 1.807) is 32.9 Å². The van der Waals surface area contributed by atoms with Crippen LogP contribution in [0.25, 0.3) is 5.69 Å². The van der Waals surface area contributed by atoms with Gasteiger partial charge in [-0.15, -0.1) is 0 Å². The highest BCUT2D eigenvalue weighted by atomic mass is 35.5. The number of pyridine rings is 1. The Morgan fingerprint density at radius 3 is 2.33 bits per heavy atom. The number of halogens is 2. The molecule has 0 spiro atoms. The maximum absolute atomic E-state index is 12.3. The summed E-state index contributed by atoms with van der Waals surface area (Å²) in [4.78, 5) is 23.7. The van der Waals surface area contributed by atoms with E-state index in [0.717, 1.165) is 5.56 Å². The molecule has 0 amide bonds. The van der Waals surface area contributed by atoms with E-state index >= 15 is 0 Å². The number of carbonyl (C=O) groups is 1. The number of rotatable bonds is 2. The molecule has 0 fully saturated rings. The van der Waals surface area contributed by atoms with Crippen LogP contribution in [-0.2, 0) is 0 Å². The second kappa shape index (κ2) is 5.54. The molecule has 1 N–H and O–H groups in total. The van der Waals surface area contributed by atoms with Gasteiger partial charge < -0.3 is 5.11 Å². The average molecular weight is 326 g/mol. The number of hydrogen-bond donors (Lipinski definition) is 1. The summed E-state index contributed by atoms with van der Waals surface area (Å²) in [7, 11) is 0. The molecule has 0 aliphatic rings. The van der Waals surface area contributed by atoms with Crippen LogP contribution in [0.15, 0.2) is 23.0 Å². The number of carboxylic acid groups (broad SMARTS) is 1. The summed E-state index contributed by atoms with van der Waals surface area (Å²) < 4.78 is 1.24. The Morgan fingerprint density at radius 2 is 1.76 bits per heavy atom. The Balaban J connectivity index is 2.96. The first-order valence-corrected chi connectivity index (χ1v) is 6.92. The van der Waals surface area contributed by atoms with E-state index in [1.807, 2.05) is 0 Å². The van der Waals surface area contributed by atoms with Crippen molar-refractivity contribution >= 4 is 29.2 Å². The molecule has 0 saturated heterocycles. The van der Waals surface area contributed by atoms with Gasteiger partial charge in [-0.25, -0.2) is 4.79 Å². The van der Waals surface area contributed by atoms with E-state index in [0.29, 0.717) is 22.0 Å². The van der Waals surface area contributed by atoms with Gasteiger partial charge in [-0.1, -0.05) is 29.3 Å². The molecule has 21 heavy (non-hydrogen) atoms. The minimum atomic E-state index is -1.10. The van der Waals surface area contributed by atoms with Crippen molar-refractivity contribution in [1.82, 2.24) is 4.57 Å². The third-order valence-electron chi connectivity index (χ3n) is 3.35. The molecular formula is C15H13Cl2NO3. The molecule has 0 aliphatic carbocycles. The summed E-state index contributed by atoms with van der Waals surface area (Å²) in [5.74, 6) is -1.10. The molecule has 2 aromatic rings. The van der Waals surface area contributed by atoms with Gasteiger partial charge in [0.25, 0.3) is 5.56 Å². The van der Waals surface area contributed by atoms with Gasteiger partial charge in [0, 0.05) is 11.8 Å². The Hall–Kier alpha value is -1.78. The molecule has 6 heteroatoms. The van der Waals surface area contributed by atoms with Crippen molar-refractivity contribution in [3.05, 3.63) is 61.0 Å². The van der Waals surface area contributed by atoms with Crippen LogP contribution in [0.2, 0.25) is 10.0 Å². The Bertz CT molecular complexity index is 810. The summed E-state index contributed by atoms with van der Waals surface area (Å²) >= 11 is 12.4. The third kappa shape index (κ3) is 2.57. The SMILES string of the molecule is Cc1ccc(Cl)c(-n2c(C)c(C(=O)O)c(C)cc2=O)c1Cl. The minimum absolute atomic E-state index is 0.0724. The van der Waals surface area contributed by atoms with Gasteiger partial charge >= 0.3 is 5.97 Å². The summed E-state index contributed by atoms with van der Waals surface area (Å²) in [5.41, 5.74) is 1.46. The molecule has 4 nitrogen and oxygen atoms in total. The number of hydrogen-bond acceptors (Lipinski definition) is 2. The summed E-state index contributed by atoms with van der Waals surface area (Å²) in [6.07, 6.45) is 0. The standard InChI is InChI=1S/C15H13Cl2NO3/c1-7-4-5-10(16)14(13(7)17)18-9(3)12(15(20)21)8(2)6-11(18)19/h4-6H,1-3H3,(H,20,21). The van der Waals surface area contributed by atoms with Crippen molar-refractivity contribution in [3.63, 3.8) is 0 Å². The van der Waals surface area contributed by atoms with E-state index < -0.39 is 5.97 Å². The normalized spacial score (nSPS) is 10.7. The lowest BCUT2D eigenvalue weighted by Crippen LogP contribution is -2.24. The second-order valence-electron chi connectivity index (χ2n) is 4.79. The topological polar surface area (TPSA) is 59.3 Å². The number of aryl methyl sites for hydroxylation is 2. The molecule has 0 radical (unpaired) electrons. The van der Waals surface area contributed by atoms with Crippen molar-refractivity contribution in [3.8, 4) is 5.69 Å². The van der Waals surface area contributed by atoms with Crippen LogP contribution in [0.5, 0.6) is 0 Å². The summed E-state index contributed by atoms with van der Waals surface area (Å²) in [5, 5.41) is 9.94. The third-order valence-corrected chi connectivity index (χ3v) is 4.13. The highest BCUT2D eigenvalue weighted by Gasteiger charge is 2.20. The van der Waals surface area contributed by atoms with Crippen molar-refractivity contribution in [2.45, 2.75) is 20.8 Å². The number of carboxylic acids is 1. The minimum Gasteiger partial charge on any atom is -0.478 e. The van der Waals surface area contributed by atoms with E-state index in [4.69, 9.17) is 23.2 Å². The summed E-state index contributed by atoms with van der Waals surface area (Å²) in [6, 6.07) is 4.64. The molecule has 0 bridgehead atoms. The Morgan fingerprint density at radius 1 is 1.14 bits per heavy atom. The van der Waals surface area contributed by atoms with E-state index in [2.05, 4.69) is 0 Å². The maximum atomic E-state index is 12.3. The fourth-order valence-electron chi connectivity index (χ4n) is 2.33. The van der Waals surface area contributed by atoms with Gasteiger partial charge in [0.1, 0.15) is 0 Å². The predicted molar refractivity (Wildman–Crippen MR) is 83.2 cm³/mol. The molecule has 1 aromatic carbocycles. The van der Waals surface area contributed by atoms with Gasteiger partial charge in [0.05, 0.1) is 21.3 Å². The lowest BCUT2D eigenvalue weighted by molar-refractivity contribution is 0.0694. The monoisotopic (exact) mass is 325 g/mol. The highest BCUT2D eigenvalue weighted by molar-refractivity contribution is 6.38. The zero-order valence-corrected chi connectivity index (χ0v) is 13.2. The first-order chi connectivity index (χ1) is 9.75. The fourth-order valence-corrected chi connectivity index (χ4v) is 2.87. The smallest absolute Gasteiger partial charge is 0.337 e. The van der Waals surface area contributed by atoms with Crippen LogP contribution in [0, 0.1) is 20.8 Å². The lowest BCUT2D eigenvalue weighted by atomic mass is 10.1. The van der Waals surface area contributed by atoms with Crippen LogP contribution >= 0.6 is 23.2 Å². The van der Waals surface area contributed by atoms with Crippen LogP contribution < -0.4 is 5.56 Å². The van der Waals surface area contributed by atoms with Crippen molar-refractivity contribution < 1.29 is 9.90 Å². The molecule has 110 valence electrons. The number of aromatic carboxylic acids is 1. The summed E-state index contributed by atoms with van der Waals surface area (Å²) in [6.45, 7) is 4.93. The predicted octanol–water partition coefficient (Wildman–Crippen LogP) is 3.77. The fraction of sp³-hybridized carbons (Fsp3) is 0.200. The lowest BCUT2D eigenvalue weighted by Gasteiger charge is -2.17. The van der Waals surface area contributed by atoms with Crippen LogP contribution in [0.1, 0.15) is 27.2 Å². The van der Waals surface area contributed by atoms with Gasteiger partial charge in [-0.2, -0.15) is 0 Å². The molecule has 2 rings (SSSR count). The van der Waals surface area contributed by atoms with Crippen molar-refractivity contribution in [1.29, 1.82) is 0 Å². The first kappa shape index (κ1) is 15.6. The second-order valence-corrected chi connectivity index (χ2v) is 5.58. The van der Waals surface area contributed by atoms with Gasteiger partial charge in [0.15, 0.2) is 0 Å². The highest BCUT2D eigenvalue weighted by Crippen LogP contribution is 2.32. The van der Waals surface area contributed by atoms with E-state index in [9.17, 15) is 14.7 Å². The van der Waals surface area contributed by atoms with Crippen LogP contribution in [0.3, 0.4) is 0 Å². The molecular weight excluding hydrogens is 313 g/mol. The maximum Gasteiger partial charge on any atom is 0.337 e. The molecule has 0 unspecified atom stereocenters. The molecule has 0 aliphatic heterocycles. The molecule has 1 heterocycles.